The second-order valence-corrected chi connectivity index (χ2v) is 9.45. The number of carbonyl (C=O) groups excluding carboxylic acids is 1. The minimum atomic E-state index is -1.87. The lowest BCUT2D eigenvalue weighted by molar-refractivity contribution is -0.351. The number of phenols is 1. The van der Waals surface area contributed by atoms with Crippen molar-refractivity contribution in [2.24, 2.45) is 5.92 Å². The van der Waals surface area contributed by atoms with Crippen LogP contribution in [0.5, 0.6) is 5.75 Å². The molecular weight excluding hydrogens is 480 g/mol. The number of aliphatic hydroxyl groups is 6. The molecule has 12 nitrogen and oxygen atoms in total. The van der Waals surface area contributed by atoms with Crippen LogP contribution in [-0.2, 0) is 23.7 Å². The number of ether oxygens (including phenoxy) is 4. The van der Waals surface area contributed by atoms with Gasteiger partial charge in [0.2, 0.25) is 6.29 Å². The van der Waals surface area contributed by atoms with Crippen LogP contribution < -0.4 is 0 Å². The number of fused-ring (bicyclic) bond motifs is 1. The summed E-state index contributed by atoms with van der Waals surface area (Å²) in [6.07, 6.45) is -6.05. The highest BCUT2D eigenvalue weighted by Gasteiger charge is 2.64. The summed E-state index contributed by atoms with van der Waals surface area (Å²) < 4.78 is 21.7. The first-order chi connectivity index (χ1) is 16.9. The van der Waals surface area contributed by atoms with E-state index in [-0.39, 0.29) is 12.2 Å². The van der Waals surface area contributed by atoms with Crippen molar-refractivity contribution < 1.29 is 59.5 Å². The van der Waals surface area contributed by atoms with E-state index < -0.39 is 72.8 Å². The maximum Gasteiger partial charge on any atom is 0.330 e. The summed E-state index contributed by atoms with van der Waals surface area (Å²) in [6.45, 7) is 0.890. The van der Waals surface area contributed by atoms with Gasteiger partial charge in [-0.2, -0.15) is 0 Å². The van der Waals surface area contributed by atoms with Crippen molar-refractivity contribution in [3.63, 3.8) is 0 Å². The molecule has 1 aromatic rings. The van der Waals surface area contributed by atoms with Gasteiger partial charge in [-0.25, -0.2) is 4.79 Å². The average Bonchev–Trinajstić information content (AvgIpc) is 3.02. The minimum Gasteiger partial charge on any atom is -0.508 e. The van der Waals surface area contributed by atoms with Gasteiger partial charge in [-0.3, -0.25) is 0 Å². The first-order valence-corrected chi connectivity index (χ1v) is 11.4. The van der Waals surface area contributed by atoms with Crippen LogP contribution in [0, 0.1) is 5.92 Å². The quantitative estimate of drug-likeness (QED) is 0.173. The summed E-state index contributed by atoms with van der Waals surface area (Å²) in [5.41, 5.74) is -2.86. The molecule has 0 bridgehead atoms. The van der Waals surface area contributed by atoms with E-state index in [2.05, 4.69) is 0 Å². The van der Waals surface area contributed by atoms with Crippen molar-refractivity contribution in [2.75, 3.05) is 6.61 Å². The standard InChI is InChI=1S/C24H30O12/c1-23(31)10-15(26)24(32)8-9-33-22(20(23)24)36-21-19(30)18(29)17(28)14(35-21)11-34-16(27)7-4-12-2-5-13(25)6-3-12/h2-9,14-15,17-22,25-26,28-32H,10-11H2,1H3/b7-4-/t14-,15-,17-,18+,19-,20-,21+,22+,23+,24-/m1/s1. The smallest absolute Gasteiger partial charge is 0.330 e. The van der Waals surface area contributed by atoms with Crippen LogP contribution in [0.15, 0.2) is 42.7 Å². The van der Waals surface area contributed by atoms with E-state index in [9.17, 15) is 40.5 Å². The molecule has 2 aliphatic heterocycles. The first-order valence-electron chi connectivity index (χ1n) is 11.4. The van der Waals surface area contributed by atoms with Crippen molar-refractivity contribution in [3.8, 4) is 5.75 Å². The third-order valence-electron chi connectivity index (χ3n) is 6.76. The Morgan fingerprint density at radius 3 is 2.47 bits per heavy atom. The van der Waals surface area contributed by atoms with Gasteiger partial charge < -0.3 is 54.7 Å². The van der Waals surface area contributed by atoms with Crippen LogP contribution in [0.25, 0.3) is 6.08 Å². The fraction of sp³-hybridized carbons (Fsp3) is 0.542. The molecule has 4 rings (SSSR count). The maximum atomic E-state index is 12.1. The van der Waals surface area contributed by atoms with Gasteiger partial charge in [0.15, 0.2) is 6.29 Å². The lowest BCUT2D eigenvalue weighted by Crippen LogP contribution is -2.62. The molecule has 0 radical (unpaired) electrons. The van der Waals surface area contributed by atoms with Gasteiger partial charge in [0.25, 0.3) is 0 Å². The molecule has 3 aliphatic rings. The molecule has 7 N–H and O–H groups in total. The molecule has 10 atom stereocenters. The normalized spacial score (nSPS) is 42.2. The zero-order chi connectivity index (χ0) is 26.3. The topological polar surface area (TPSA) is 196 Å². The summed E-state index contributed by atoms with van der Waals surface area (Å²) in [5.74, 6) is -1.88. The number of aliphatic hydroxyl groups excluding tert-OH is 4. The second-order valence-electron chi connectivity index (χ2n) is 9.45. The fourth-order valence-corrected chi connectivity index (χ4v) is 4.79. The molecule has 0 amide bonds. The third-order valence-corrected chi connectivity index (χ3v) is 6.76. The molecule has 2 fully saturated rings. The van der Waals surface area contributed by atoms with Crippen LogP contribution in [0.2, 0.25) is 0 Å². The Morgan fingerprint density at radius 2 is 1.78 bits per heavy atom. The van der Waals surface area contributed by atoms with E-state index >= 15 is 0 Å². The molecule has 1 aromatic carbocycles. The van der Waals surface area contributed by atoms with E-state index in [0.29, 0.717) is 5.56 Å². The summed E-state index contributed by atoms with van der Waals surface area (Å²) in [5, 5.41) is 72.2. The Kier molecular flexibility index (Phi) is 7.42. The predicted molar refractivity (Wildman–Crippen MR) is 120 cm³/mol. The molecule has 0 unspecified atom stereocenters. The molecule has 198 valence electrons. The Hall–Kier alpha value is -2.55. The van der Waals surface area contributed by atoms with Gasteiger partial charge in [-0.05, 0) is 36.8 Å². The summed E-state index contributed by atoms with van der Waals surface area (Å²) in [6, 6.07) is 6.05. The van der Waals surface area contributed by atoms with Gasteiger partial charge in [0, 0.05) is 12.5 Å². The minimum absolute atomic E-state index is 0.0720. The van der Waals surface area contributed by atoms with Crippen LogP contribution in [0.3, 0.4) is 0 Å². The molecular formula is C24H30O12. The molecule has 1 saturated carbocycles. The van der Waals surface area contributed by atoms with Crippen molar-refractivity contribution in [1.29, 1.82) is 0 Å². The molecule has 36 heavy (non-hydrogen) atoms. The fourth-order valence-electron chi connectivity index (χ4n) is 4.79. The van der Waals surface area contributed by atoms with Crippen molar-refractivity contribution in [3.05, 3.63) is 48.2 Å². The molecule has 1 saturated heterocycles. The number of esters is 1. The highest BCUT2D eigenvalue weighted by molar-refractivity contribution is 5.87. The highest BCUT2D eigenvalue weighted by Crippen LogP contribution is 2.49. The summed E-state index contributed by atoms with van der Waals surface area (Å²) in [7, 11) is 0. The Balaban J connectivity index is 1.40. The van der Waals surface area contributed by atoms with Crippen LogP contribution in [0.1, 0.15) is 18.9 Å². The zero-order valence-electron chi connectivity index (χ0n) is 19.3. The molecule has 0 aromatic heterocycles. The number of hydrogen-bond donors (Lipinski definition) is 7. The van der Waals surface area contributed by atoms with Gasteiger partial charge in [0.05, 0.1) is 23.9 Å². The number of benzene rings is 1. The Morgan fingerprint density at radius 1 is 1.08 bits per heavy atom. The lowest BCUT2D eigenvalue weighted by atomic mass is 9.81. The van der Waals surface area contributed by atoms with Gasteiger partial charge >= 0.3 is 5.97 Å². The number of phenolic OH excluding ortho intramolecular Hbond substituents is 1. The van der Waals surface area contributed by atoms with E-state index in [1.807, 2.05) is 0 Å². The van der Waals surface area contributed by atoms with Crippen molar-refractivity contribution in [2.45, 2.75) is 67.6 Å². The third kappa shape index (κ3) is 5.12. The molecule has 2 heterocycles. The highest BCUT2D eigenvalue weighted by atomic mass is 16.8. The number of aromatic hydroxyl groups is 1. The largest absolute Gasteiger partial charge is 0.508 e. The SMILES string of the molecule is C[C@]1(O)C[C@@H](O)[C@]2(O)C=CO[C@@H](O[C@@H]3O[C@H](COC(=O)/C=C\c4ccc(O)cc4)[C@@H](O)[C@H](O)[C@H]3O)[C@@H]21. The van der Waals surface area contributed by atoms with Crippen LogP contribution in [-0.4, -0.2) is 103 Å². The number of rotatable bonds is 6. The molecule has 0 spiro atoms. The van der Waals surface area contributed by atoms with E-state index in [0.717, 1.165) is 12.3 Å². The van der Waals surface area contributed by atoms with Gasteiger partial charge in [-0.15, -0.1) is 0 Å². The number of carbonyl (C=O) groups is 1. The van der Waals surface area contributed by atoms with Gasteiger partial charge in [0.1, 0.15) is 42.4 Å². The number of hydrogen-bond acceptors (Lipinski definition) is 12. The Bertz CT molecular complexity index is 991. The van der Waals surface area contributed by atoms with Crippen molar-refractivity contribution >= 4 is 12.0 Å². The summed E-state index contributed by atoms with van der Waals surface area (Å²) >= 11 is 0. The van der Waals surface area contributed by atoms with E-state index in [1.54, 1.807) is 12.1 Å². The van der Waals surface area contributed by atoms with E-state index in [4.69, 9.17) is 18.9 Å². The van der Waals surface area contributed by atoms with E-state index in [1.165, 1.54) is 31.2 Å². The Labute approximate surface area is 206 Å². The first kappa shape index (κ1) is 26.5. The lowest BCUT2D eigenvalue weighted by Gasteiger charge is -2.45. The van der Waals surface area contributed by atoms with Gasteiger partial charge in [-0.1, -0.05) is 12.1 Å². The summed E-state index contributed by atoms with van der Waals surface area (Å²) in [4.78, 5) is 12.1. The zero-order valence-corrected chi connectivity index (χ0v) is 19.3. The molecule has 12 heteroatoms. The van der Waals surface area contributed by atoms with Crippen LogP contribution >= 0.6 is 0 Å². The molecule has 1 aliphatic carbocycles. The van der Waals surface area contributed by atoms with Crippen LogP contribution in [0.4, 0.5) is 0 Å². The monoisotopic (exact) mass is 510 g/mol. The second kappa shape index (κ2) is 10.1. The predicted octanol–water partition coefficient (Wildman–Crippen LogP) is -1.49. The average molecular weight is 510 g/mol. The van der Waals surface area contributed by atoms with Crippen molar-refractivity contribution in [1.82, 2.24) is 0 Å². The maximum absolute atomic E-state index is 12.1.